The van der Waals surface area contributed by atoms with Gasteiger partial charge in [-0.3, -0.25) is 4.79 Å². The number of nitrogens with one attached hydrogen (secondary N) is 1. The van der Waals surface area contributed by atoms with Crippen LogP contribution in [0.2, 0.25) is 0 Å². The molecule has 1 heterocycles. The maximum Gasteiger partial charge on any atom is 0.217 e. The summed E-state index contributed by atoms with van der Waals surface area (Å²) in [6.45, 7) is 8.39. The molecule has 4 nitrogen and oxygen atoms in total. The number of carbonyl (C=O) groups excluding carboxylic acids is 1. The first kappa shape index (κ1) is 16.8. The summed E-state index contributed by atoms with van der Waals surface area (Å²) in [5, 5.41) is 13.6. The van der Waals surface area contributed by atoms with Gasteiger partial charge in [0.25, 0.3) is 0 Å². The van der Waals surface area contributed by atoms with Crippen molar-refractivity contribution >= 4 is 5.91 Å². The number of rotatable bonds is 5. The zero-order valence-corrected chi connectivity index (χ0v) is 14.0. The molecule has 122 valence electrons. The maximum atomic E-state index is 11.4. The van der Waals surface area contributed by atoms with Crippen LogP contribution in [0.25, 0.3) is 0 Å². The van der Waals surface area contributed by atoms with Gasteiger partial charge in [0.05, 0.1) is 18.8 Å². The summed E-state index contributed by atoms with van der Waals surface area (Å²) in [4.78, 5) is 11.4. The molecule has 0 fully saturated rings. The number of amides is 1. The molecule has 0 spiro atoms. The van der Waals surface area contributed by atoms with Crippen molar-refractivity contribution in [3.8, 4) is 5.75 Å². The number of carbonyl (C=O) groups is 1. The van der Waals surface area contributed by atoms with E-state index in [9.17, 15) is 9.90 Å². The first-order valence-electron chi connectivity index (χ1n) is 8.17. The van der Waals surface area contributed by atoms with Crippen molar-refractivity contribution in [2.75, 3.05) is 6.61 Å². The smallest absolute Gasteiger partial charge is 0.217 e. The van der Waals surface area contributed by atoms with E-state index in [-0.39, 0.29) is 11.9 Å². The third-order valence-corrected chi connectivity index (χ3v) is 4.07. The second kappa shape index (κ2) is 7.14. The Labute approximate surface area is 132 Å². The van der Waals surface area contributed by atoms with Crippen LogP contribution in [0.4, 0.5) is 0 Å². The van der Waals surface area contributed by atoms with Crippen LogP contribution in [0, 0.1) is 5.92 Å². The molecule has 0 radical (unpaired) electrons. The summed E-state index contributed by atoms with van der Waals surface area (Å²) < 4.78 is 5.86. The van der Waals surface area contributed by atoms with Crippen LogP contribution in [0.3, 0.4) is 0 Å². The predicted octanol–water partition coefficient (Wildman–Crippen LogP) is 3.29. The fraction of sp³-hybridized carbons (Fsp3) is 0.611. The molecular weight excluding hydrogens is 278 g/mol. The lowest BCUT2D eigenvalue weighted by Gasteiger charge is -2.30. The van der Waals surface area contributed by atoms with Gasteiger partial charge < -0.3 is 15.2 Å². The number of fused-ring (bicyclic) bond motifs is 1. The topological polar surface area (TPSA) is 58.6 Å². The van der Waals surface area contributed by atoms with Crippen molar-refractivity contribution in [2.45, 2.75) is 59.1 Å². The van der Waals surface area contributed by atoms with E-state index < -0.39 is 6.10 Å². The van der Waals surface area contributed by atoms with Gasteiger partial charge in [-0.2, -0.15) is 0 Å². The zero-order chi connectivity index (χ0) is 16.3. The first-order valence-corrected chi connectivity index (χ1v) is 8.17. The number of hydrogen-bond donors (Lipinski definition) is 2. The van der Waals surface area contributed by atoms with E-state index in [0.29, 0.717) is 18.9 Å². The second-order valence-electron chi connectivity index (χ2n) is 6.49. The molecule has 1 aromatic rings. The summed E-state index contributed by atoms with van der Waals surface area (Å²) in [6.07, 6.45) is 1.82. The van der Waals surface area contributed by atoms with Crippen LogP contribution in [-0.4, -0.2) is 17.6 Å². The maximum absolute atomic E-state index is 11.4. The number of aliphatic hydroxyl groups excluding tert-OH is 1. The molecular formula is C18H27NO3. The van der Waals surface area contributed by atoms with Crippen LogP contribution >= 0.6 is 0 Å². The molecule has 0 bridgehead atoms. The Bertz CT molecular complexity index is 539. The third-order valence-electron chi connectivity index (χ3n) is 4.07. The Hall–Kier alpha value is -1.55. The van der Waals surface area contributed by atoms with Crippen LogP contribution in [-0.2, 0) is 11.2 Å². The van der Waals surface area contributed by atoms with Gasteiger partial charge in [0.1, 0.15) is 5.75 Å². The molecule has 0 saturated heterocycles. The third kappa shape index (κ3) is 3.80. The van der Waals surface area contributed by atoms with E-state index in [1.807, 2.05) is 6.07 Å². The van der Waals surface area contributed by atoms with Gasteiger partial charge in [0.15, 0.2) is 0 Å². The molecule has 1 aromatic carbocycles. The van der Waals surface area contributed by atoms with Crippen LogP contribution < -0.4 is 10.1 Å². The van der Waals surface area contributed by atoms with Gasteiger partial charge >= 0.3 is 0 Å². The van der Waals surface area contributed by atoms with Gasteiger partial charge in [0, 0.05) is 24.5 Å². The SMILES string of the molecule is CCc1cc(C(O)CC(C)C)c2c(c1)C(NC(C)=O)CCO2. The minimum Gasteiger partial charge on any atom is -0.493 e. The van der Waals surface area contributed by atoms with E-state index >= 15 is 0 Å². The molecule has 0 aliphatic carbocycles. The molecule has 1 aliphatic rings. The molecule has 4 heteroatoms. The monoisotopic (exact) mass is 305 g/mol. The lowest BCUT2D eigenvalue weighted by molar-refractivity contribution is -0.119. The Morgan fingerprint density at radius 1 is 1.45 bits per heavy atom. The van der Waals surface area contributed by atoms with Gasteiger partial charge in [-0.05, 0) is 30.4 Å². The highest BCUT2D eigenvalue weighted by Gasteiger charge is 2.27. The van der Waals surface area contributed by atoms with E-state index in [2.05, 4.69) is 32.2 Å². The highest BCUT2D eigenvalue weighted by atomic mass is 16.5. The molecule has 1 aliphatic heterocycles. The number of ether oxygens (including phenoxy) is 1. The van der Waals surface area contributed by atoms with E-state index in [0.717, 1.165) is 35.3 Å². The van der Waals surface area contributed by atoms with Crippen molar-refractivity contribution in [3.63, 3.8) is 0 Å². The highest BCUT2D eigenvalue weighted by molar-refractivity contribution is 5.73. The molecule has 2 unspecified atom stereocenters. The normalized spacial score (nSPS) is 18.5. The summed E-state index contributed by atoms with van der Waals surface area (Å²) >= 11 is 0. The number of aliphatic hydroxyl groups is 1. The quantitative estimate of drug-likeness (QED) is 0.877. The molecule has 1 amide bonds. The minimum absolute atomic E-state index is 0.0299. The zero-order valence-electron chi connectivity index (χ0n) is 14.0. The average molecular weight is 305 g/mol. The Morgan fingerprint density at radius 2 is 2.18 bits per heavy atom. The summed E-state index contributed by atoms with van der Waals surface area (Å²) in [5.74, 6) is 1.13. The Kier molecular flexibility index (Phi) is 5.46. The lowest BCUT2D eigenvalue weighted by atomic mass is 9.90. The number of benzene rings is 1. The average Bonchev–Trinajstić information content (AvgIpc) is 2.45. The van der Waals surface area contributed by atoms with Gasteiger partial charge in [-0.1, -0.05) is 26.8 Å². The Balaban J connectivity index is 2.44. The predicted molar refractivity (Wildman–Crippen MR) is 86.9 cm³/mol. The van der Waals surface area contributed by atoms with Crippen molar-refractivity contribution in [3.05, 3.63) is 28.8 Å². The standard InChI is InChI=1S/C18H27NO3/c1-5-13-9-14-16(19-12(4)20)6-7-22-18(14)15(10-13)17(21)8-11(2)3/h9-11,16-17,21H,5-8H2,1-4H3,(H,19,20). The Morgan fingerprint density at radius 3 is 2.77 bits per heavy atom. The summed E-state index contributed by atoms with van der Waals surface area (Å²) in [6, 6.07) is 4.11. The van der Waals surface area contributed by atoms with Gasteiger partial charge in [-0.15, -0.1) is 0 Å². The molecule has 2 atom stereocenters. The highest BCUT2D eigenvalue weighted by Crippen LogP contribution is 2.40. The van der Waals surface area contributed by atoms with Gasteiger partial charge in [-0.25, -0.2) is 0 Å². The molecule has 0 saturated carbocycles. The minimum atomic E-state index is -0.531. The summed E-state index contributed by atoms with van der Waals surface area (Å²) in [5.41, 5.74) is 3.02. The molecule has 22 heavy (non-hydrogen) atoms. The van der Waals surface area contributed by atoms with Crippen molar-refractivity contribution < 1.29 is 14.6 Å². The van der Waals surface area contributed by atoms with E-state index in [1.54, 1.807) is 0 Å². The van der Waals surface area contributed by atoms with Crippen molar-refractivity contribution in [1.82, 2.24) is 5.32 Å². The summed E-state index contributed by atoms with van der Waals surface area (Å²) in [7, 11) is 0. The van der Waals surface area contributed by atoms with Gasteiger partial charge in [0.2, 0.25) is 5.91 Å². The number of aryl methyl sites for hydroxylation is 1. The lowest BCUT2D eigenvalue weighted by Crippen LogP contribution is -2.31. The van der Waals surface area contributed by atoms with Crippen molar-refractivity contribution in [2.24, 2.45) is 5.92 Å². The van der Waals surface area contributed by atoms with Crippen LogP contribution in [0.1, 0.15) is 69.4 Å². The molecule has 2 rings (SSSR count). The first-order chi connectivity index (χ1) is 10.4. The number of hydrogen-bond acceptors (Lipinski definition) is 3. The largest absolute Gasteiger partial charge is 0.493 e. The van der Waals surface area contributed by atoms with Crippen molar-refractivity contribution in [1.29, 1.82) is 0 Å². The van der Waals surface area contributed by atoms with E-state index in [1.165, 1.54) is 6.92 Å². The van der Waals surface area contributed by atoms with Crippen LogP contribution in [0.5, 0.6) is 5.75 Å². The second-order valence-corrected chi connectivity index (χ2v) is 6.49. The fourth-order valence-electron chi connectivity index (χ4n) is 3.02. The molecule has 2 N–H and O–H groups in total. The fourth-order valence-corrected chi connectivity index (χ4v) is 3.02. The van der Waals surface area contributed by atoms with Crippen LogP contribution in [0.15, 0.2) is 12.1 Å². The van der Waals surface area contributed by atoms with E-state index in [4.69, 9.17) is 4.74 Å². The molecule has 0 aromatic heterocycles.